The first-order chi connectivity index (χ1) is 18.4. The van der Waals surface area contributed by atoms with Gasteiger partial charge in [-0.1, -0.05) is 41.4 Å². The molecule has 38 heavy (non-hydrogen) atoms. The Labute approximate surface area is 234 Å². The Morgan fingerprint density at radius 2 is 1.61 bits per heavy atom. The third kappa shape index (κ3) is 7.95. The zero-order valence-electron chi connectivity index (χ0n) is 21.6. The number of pyridine rings is 1. The molecular weight excluding hydrogens is 521 g/mol. The lowest BCUT2D eigenvalue weighted by atomic mass is 9.95. The van der Waals surface area contributed by atoms with Gasteiger partial charge in [-0.3, -0.25) is 9.59 Å². The van der Waals surface area contributed by atoms with Gasteiger partial charge < -0.3 is 14.5 Å². The van der Waals surface area contributed by atoms with E-state index in [1.807, 2.05) is 59.5 Å². The summed E-state index contributed by atoms with van der Waals surface area (Å²) in [5.41, 5.74) is 1.85. The number of benzene rings is 2. The van der Waals surface area contributed by atoms with Crippen LogP contribution in [0.3, 0.4) is 0 Å². The van der Waals surface area contributed by atoms with E-state index in [4.69, 9.17) is 27.9 Å². The number of Topliss-reactive ketones (excluding diaryl/α,β-unsaturated/α-hetero) is 1. The monoisotopic (exact) mass is 553 g/mol. The van der Waals surface area contributed by atoms with Crippen molar-refractivity contribution in [2.24, 2.45) is 11.8 Å². The predicted octanol–water partition coefficient (Wildman–Crippen LogP) is 6.42. The zero-order valence-corrected chi connectivity index (χ0v) is 23.1. The Bertz CT molecular complexity index is 1180. The molecule has 1 aromatic heterocycles. The van der Waals surface area contributed by atoms with E-state index in [2.05, 4.69) is 9.88 Å². The maximum Gasteiger partial charge on any atom is 0.225 e. The number of ether oxygens (including phenoxy) is 1. The summed E-state index contributed by atoms with van der Waals surface area (Å²) in [7, 11) is 0. The number of carbonyl (C=O) groups is 2. The van der Waals surface area contributed by atoms with E-state index in [-0.39, 0.29) is 17.6 Å². The Kier molecular flexibility index (Phi) is 10.0. The summed E-state index contributed by atoms with van der Waals surface area (Å²) >= 11 is 11.4. The number of hydrogen-bond donors (Lipinski definition) is 0. The highest BCUT2D eigenvalue weighted by Crippen LogP contribution is 2.27. The van der Waals surface area contributed by atoms with E-state index in [0.29, 0.717) is 23.4 Å². The van der Waals surface area contributed by atoms with Crippen molar-refractivity contribution in [3.63, 3.8) is 0 Å². The molecule has 2 aliphatic heterocycles. The number of anilines is 1. The van der Waals surface area contributed by atoms with E-state index in [1.165, 1.54) is 0 Å². The average Bonchev–Trinajstić information content (AvgIpc) is 3.42. The fraction of sp³-hybridized carbons (Fsp3) is 0.367. The summed E-state index contributed by atoms with van der Waals surface area (Å²) in [5, 5.41) is 1.38. The number of amides is 1. The van der Waals surface area contributed by atoms with Gasteiger partial charge in [0.2, 0.25) is 11.8 Å². The third-order valence-electron chi connectivity index (χ3n) is 6.98. The zero-order chi connectivity index (χ0) is 26.9. The summed E-state index contributed by atoms with van der Waals surface area (Å²) < 4.78 is 5.77. The van der Waals surface area contributed by atoms with Gasteiger partial charge in [0.1, 0.15) is 0 Å². The van der Waals surface area contributed by atoms with E-state index in [0.717, 1.165) is 61.7 Å². The van der Waals surface area contributed by atoms with Crippen LogP contribution >= 0.6 is 23.2 Å². The van der Waals surface area contributed by atoms with Gasteiger partial charge in [0.25, 0.3) is 0 Å². The van der Waals surface area contributed by atoms with E-state index in [9.17, 15) is 9.59 Å². The van der Waals surface area contributed by atoms with E-state index in [1.54, 1.807) is 25.3 Å². The Balaban J connectivity index is 0.000000417. The summed E-state index contributed by atoms with van der Waals surface area (Å²) in [5.74, 6) is 1.35. The van der Waals surface area contributed by atoms with Crippen molar-refractivity contribution >= 4 is 40.6 Å². The molecule has 200 valence electrons. The van der Waals surface area contributed by atoms with Crippen LogP contribution < -0.4 is 9.64 Å². The first-order valence-corrected chi connectivity index (χ1v) is 13.7. The second-order valence-corrected chi connectivity index (χ2v) is 10.6. The molecule has 2 fully saturated rings. The van der Waals surface area contributed by atoms with Gasteiger partial charge in [0.05, 0.1) is 11.6 Å². The molecule has 8 heteroatoms. The first kappa shape index (κ1) is 27.9. The second kappa shape index (κ2) is 13.6. The fourth-order valence-corrected chi connectivity index (χ4v) is 5.04. The molecule has 3 heterocycles. The molecule has 2 aromatic carbocycles. The van der Waals surface area contributed by atoms with Gasteiger partial charge >= 0.3 is 0 Å². The second-order valence-electron chi connectivity index (χ2n) is 9.72. The van der Waals surface area contributed by atoms with E-state index >= 15 is 0 Å². The normalized spacial score (nSPS) is 17.5. The van der Waals surface area contributed by atoms with Crippen molar-refractivity contribution in [3.05, 3.63) is 88.5 Å². The number of halogens is 2. The molecule has 0 N–H and O–H groups in total. The standard InChI is InChI=1S/C24H28ClN3O3.C6H5Cl/c1-17(29)19-2-5-22(6-3-19)27-12-9-20(10-13-27)24(30)28-11-8-18(15-28)16-31-23-7-4-21(25)14-26-23;7-6-4-2-1-3-5-6/h2-7,14,18,20H,8-13,15-16H2,1H3;1-5H. The van der Waals surface area contributed by atoms with Crippen LogP contribution in [0.4, 0.5) is 5.69 Å². The molecule has 3 aromatic rings. The van der Waals surface area contributed by atoms with E-state index < -0.39 is 0 Å². The number of likely N-dealkylation sites (tertiary alicyclic amines) is 1. The molecule has 0 radical (unpaired) electrons. The van der Waals surface area contributed by atoms with Gasteiger partial charge in [-0.15, -0.1) is 0 Å². The van der Waals surface area contributed by atoms with Crippen LogP contribution in [0.2, 0.25) is 10.0 Å². The molecule has 2 saturated heterocycles. The lowest BCUT2D eigenvalue weighted by Gasteiger charge is -2.34. The first-order valence-electron chi connectivity index (χ1n) is 13.0. The topological polar surface area (TPSA) is 62.7 Å². The number of piperidine rings is 1. The maximum atomic E-state index is 13.0. The number of hydrogen-bond acceptors (Lipinski definition) is 5. The molecule has 1 atom stereocenters. The summed E-state index contributed by atoms with van der Waals surface area (Å²) in [4.78, 5) is 32.9. The minimum Gasteiger partial charge on any atom is -0.477 e. The van der Waals surface area contributed by atoms with Crippen molar-refractivity contribution in [1.82, 2.24) is 9.88 Å². The molecule has 0 aliphatic carbocycles. The SMILES string of the molecule is CC(=O)c1ccc(N2CCC(C(=O)N3CCC(COc4ccc(Cl)cn4)C3)CC2)cc1.Clc1ccccc1. The maximum absolute atomic E-state index is 13.0. The van der Waals surface area contributed by atoms with Crippen LogP contribution in [0, 0.1) is 11.8 Å². The Hall–Kier alpha value is -3.09. The van der Waals surface area contributed by atoms with Gasteiger partial charge in [0, 0.05) is 66.6 Å². The molecule has 1 amide bonds. The van der Waals surface area contributed by atoms with Crippen LogP contribution in [0.1, 0.15) is 36.5 Å². The molecular formula is C30H33Cl2N3O3. The van der Waals surface area contributed by atoms with Crippen LogP contribution in [0.25, 0.3) is 0 Å². The van der Waals surface area contributed by atoms with Crippen molar-refractivity contribution < 1.29 is 14.3 Å². The minimum atomic E-state index is 0.0783. The van der Waals surface area contributed by atoms with Crippen LogP contribution in [-0.2, 0) is 4.79 Å². The highest BCUT2D eigenvalue weighted by atomic mass is 35.5. The minimum absolute atomic E-state index is 0.0783. The van der Waals surface area contributed by atoms with Gasteiger partial charge in [-0.05, 0) is 68.7 Å². The number of rotatable bonds is 6. The molecule has 0 bridgehead atoms. The summed E-state index contributed by atoms with van der Waals surface area (Å²) in [6.07, 6.45) is 4.26. The lowest BCUT2D eigenvalue weighted by Crippen LogP contribution is -2.42. The van der Waals surface area contributed by atoms with Crippen molar-refractivity contribution in [3.8, 4) is 5.88 Å². The van der Waals surface area contributed by atoms with Crippen LogP contribution in [0.15, 0.2) is 72.9 Å². The van der Waals surface area contributed by atoms with Crippen molar-refractivity contribution in [1.29, 1.82) is 0 Å². The van der Waals surface area contributed by atoms with Crippen molar-refractivity contribution in [2.45, 2.75) is 26.2 Å². The molecule has 0 spiro atoms. The third-order valence-corrected chi connectivity index (χ3v) is 7.46. The molecule has 0 saturated carbocycles. The highest BCUT2D eigenvalue weighted by Gasteiger charge is 2.33. The molecule has 1 unspecified atom stereocenters. The number of nitrogens with zero attached hydrogens (tertiary/aromatic N) is 3. The number of aromatic nitrogens is 1. The molecule has 2 aliphatic rings. The van der Waals surface area contributed by atoms with Gasteiger partial charge in [0.15, 0.2) is 5.78 Å². The fourth-order valence-electron chi connectivity index (χ4n) is 4.78. The quantitative estimate of drug-likeness (QED) is 0.329. The van der Waals surface area contributed by atoms with Crippen molar-refractivity contribution in [2.75, 3.05) is 37.7 Å². The highest BCUT2D eigenvalue weighted by molar-refractivity contribution is 6.30. The predicted molar refractivity (Wildman–Crippen MR) is 152 cm³/mol. The Morgan fingerprint density at radius 1 is 0.895 bits per heavy atom. The lowest BCUT2D eigenvalue weighted by molar-refractivity contribution is -0.135. The smallest absolute Gasteiger partial charge is 0.225 e. The van der Waals surface area contributed by atoms with Crippen LogP contribution in [-0.4, -0.2) is 54.4 Å². The number of ketones is 1. The number of carbonyl (C=O) groups excluding carboxylic acids is 2. The van der Waals surface area contributed by atoms with Crippen LogP contribution in [0.5, 0.6) is 5.88 Å². The summed E-state index contributed by atoms with van der Waals surface area (Å²) in [6.45, 7) is 5.41. The Morgan fingerprint density at radius 3 is 2.18 bits per heavy atom. The van der Waals surface area contributed by atoms with Gasteiger partial charge in [-0.25, -0.2) is 4.98 Å². The average molecular weight is 555 g/mol. The van der Waals surface area contributed by atoms with Gasteiger partial charge in [-0.2, -0.15) is 0 Å². The molecule has 5 rings (SSSR count). The molecule has 6 nitrogen and oxygen atoms in total. The largest absolute Gasteiger partial charge is 0.477 e. The summed E-state index contributed by atoms with van der Waals surface area (Å²) in [6, 6.07) is 20.7.